The maximum atomic E-state index is 13.1. The first kappa shape index (κ1) is 20.1. The summed E-state index contributed by atoms with van der Waals surface area (Å²) in [5.74, 6) is 1.88. The molecule has 0 amide bonds. The van der Waals surface area contributed by atoms with Crippen molar-refractivity contribution in [2.75, 3.05) is 14.2 Å². The van der Waals surface area contributed by atoms with Crippen molar-refractivity contribution in [3.8, 4) is 22.9 Å². The van der Waals surface area contributed by atoms with Crippen molar-refractivity contribution in [3.05, 3.63) is 68.5 Å². The van der Waals surface area contributed by atoms with Crippen molar-refractivity contribution in [2.45, 2.75) is 26.2 Å². The topological polar surface area (TPSA) is 65.7 Å². The lowest BCUT2D eigenvalue weighted by Gasteiger charge is -2.18. The van der Waals surface area contributed by atoms with Crippen LogP contribution in [0.1, 0.15) is 31.9 Å². The van der Waals surface area contributed by atoms with Gasteiger partial charge in [0.1, 0.15) is 11.5 Å². The normalized spacial score (nSPS) is 12.5. The highest BCUT2D eigenvalue weighted by Crippen LogP contribution is 2.26. The summed E-state index contributed by atoms with van der Waals surface area (Å²) in [4.78, 5) is 13.7. The Kier molecular flexibility index (Phi) is 5.07. The molecule has 0 aliphatic carbocycles. The number of methoxy groups -OCH3 is 2. The number of nitrogens with zero attached hydrogens (tertiary/aromatic N) is 3. The van der Waals surface area contributed by atoms with Crippen molar-refractivity contribution in [1.29, 1.82) is 0 Å². The van der Waals surface area contributed by atoms with Gasteiger partial charge in [-0.3, -0.25) is 4.79 Å². The van der Waals surface area contributed by atoms with E-state index in [1.54, 1.807) is 24.7 Å². The Labute approximate surface area is 178 Å². The zero-order chi connectivity index (χ0) is 21.5. The quantitative estimate of drug-likeness (QED) is 0.503. The molecule has 154 valence electrons. The van der Waals surface area contributed by atoms with E-state index in [1.807, 2.05) is 30.3 Å². The fourth-order valence-corrected chi connectivity index (χ4v) is 4.15. The first-order valence-electron chi connectivity index (χ1n) is 9.54. The lowest BCUT2D eigenvalue weighted by molar-refractivity contribution is 0.393. The van der Waals surface area contributed by atoms with Crippen LogP contribution in [-0.2, 0) is 5.41 Å². The fraction of sp³-hybridized carbons (Fsp3) is 0.261. The molecule has 0 bridgehead atoms. The predicted molar refractivity (Wildman–Crippen MR) is 120 cm³/mol. The van der Waals surface area contributed by atoms with Crippen LogP contribution in [0.5, 0.6) is 11.5 Å². The predicted octanol–water partition coefficient (Wildman–Crippen LogP) is 3.68. The Balaban J connectivity index is 1.81. The van der Waals surface area contributed by atoms with E-state index in [0.717, 1.165) is 11.1 Å². The van der Waals surface area contributed by atoms with Gasteiger partial charge in [-0.2, -0.15) is 0 Å². The Morgan fingerprint density at radius 3 is 2.37 bits per heavy atom. The monoisotopic (exact) mass is 421 g/mol. The second-order valence-corrected chi connectivity index (χ2v) is 9.00. The Hall–Kier alpha value is -3.19. The summed E-state index contributed by atoms with van der Waals surface area (Å²) in [6.45, 7) is 6.50. The van der Waals surface area contributed by atoms with Gasteiger partial charge in [0, 0.05) is 17.2 Å². The summed E-state index contributed by atoms with van der Waals surface area (Å²) in [5.41, 5.74) is 2.79. The molecule has 0 saturated heterocycles. The zero-order valence-electron chi connectivity index (χ0n) is 17.6. The third-order valence-electron chi connectivity index (χ3n) is 4.98. The minimum Gasteiger partial charge on any atom is -0.497 e. The summed E-state index contributed by atoms with van der Waals surface area (Å²) in [6.07, 6.45) is 1.81. The molecule has 2 aromatic carbocycles. The van der Waals surface area contributed by atoms with E-state index in [4.69, 9.17) is 9.47 Å². The van der Waals surface area contributed by atoms with Crippen molar-refractivity contribution in [2.24, 2.45) is 0 Å². The maximum absolute atomic E-state index is 13.1. The van der Waals surface area contributed by atoms with Gasteiger partial charge in [0.15, 0.2) is 5.82 Å². The summed E-state index contributed by atoms with van der Waals surface area (Å²) in [5, 5.41) is 8.47. The summed E-state index contributed by atoms with van der Waals surface area (Å²) in [6, 6.07) is 13.6. The molecular weight excluding hydrogens is 398 g/mol. The molecule has 4 aromatic rings. The molecule has 0 fully saturated rings. The Bertz CT molecular complexity index is 1310. The second-order valence-electron chi connectivity index (χ2n) is 7.99. The number of thiazole rings is 1. The van der Waals surface area contributed by atoms with E-state index in [0.29, 0.717) is 26.8 Å². The second kappa shape index (κ2) is 7.57. The SMILES string of the molecule is COc1ccc(C=c2sc3nnc(-c4ccc(C(C)(C)C)cc4)n3c2=O)c(OC)c1. The number of ether oxygens (including phenoxy) is 2. The molecule has 0 atom stereocenters. The number of hydrogen-bond acceptors (Lipinski definition) is 6. The molecule has 0 aliphatic heterocycles. The van der Waals surface area contributed by atoms with Crippen molar-refractivity contribution >= 4 is 22.4 Å². The highest BCUT2D eigenvalue weighted by molar-refractivity contribution is 7.15. The van der Waals surface area contributed by atoms with Gasteiger partial charge in [0.05, 0.1) is 18.8 Å². The number of hydrogen-bond donors (Lipinski definition) is 0. The van der Waals surface area contributed by atoms with Crippen LogP contribution in [0.15, 0.2) is 47.3 Å². The molecular formula is C23H23N3O3S. The van der Waals surface area contributed by atoms with Crippen LogP contribution in [0.2, 0.25) is 0 Å². The van der Waals surface area contributed by atoms with Crippen LogP contribution >= 0.6 is 11.3 Å². The summed E-state index contributed by atoms with van der Waals surface area (Å²) >= 11 is 1.31. The van der Waals surface area contributed by atoms with E-state index in [-0.39, 0.29) is 11.0 Å². The van der Waals surface area contributed by atoms with E-state index in [2.05, 4.69) is 43.1 Å². The Morgan fingerprint density at radius 1 is 1.00 bits per heavy atom. The molecule has 4 rings (SSSR count). The van der Waals surface area contributed by atoms with Gasteiger partial charge in [-0.05, 0) is 29.2 Å². The van der Waals surface area contributed by atoms with Crippen LogP contribution in [-0.4, -0.2) is 28.8 Å². The highest BCUT2D eigenvalue weighted by atomic mass is 32.1. The molecule has 0 aliphatic rings. The van der Waals surface area contributed by atoms with Crippen LogP contribution in [0, 0.1) is 0 Å². The molecule has 2 aromatic heterocycles. The average molecular weight is 422 g/mol. The van der Waals surface area contributed by atoms with Crippen LogP contribution < -0.4 is 19.6 Å². The van der Waals surface area contributed by atoms with Crippen LogP contribution in [0.3, 0.4) is 0 Å². The first-order valence-corrected chi connectivity index (χ1v) is 10.4. The number of rotatable bonds is 4. The molecule has 0 saturated carbocycles. The van der Waals surface area contributed by atoms with Crippen LogP contribution in [0.4, 0.5) is 0 Å². The van der Waals surface area contributed by atoms with Crippen molar-refractivity contribution < 1.29 is 9.47 Å². The number of aromatic nitrogens is 3. The summed E-state index contributed by atoms with van der Waals surface area (Å²) < 4.78 is 12.8. The lowest BCUT2D eigenvalue weighted by atomic mass is 9.87. The first-order chi connectivity index (χ1) is 14.3. The fourth-order valence-electron chi connectivity index (χ4n) is 3.25. The third kappa shape index (κ3) is 3.57. The molecule has 2 heterocycles. The standard InChI is InChI=1S/C23H23N3O3S/c1-23(2,3)16-9-6-14(7-10-16)20-24-25-22-26(20)21(27)19(30-22)12-15-8-11-17(28-4)13-18(15)29-5/h6-13H,1-5H3. The minimum absolute atomic E-state index is 0.0598. The average Bonchev–Trinajstić information content (AvgIpc) is 3.28. The van der Waals surface area contributed by atoms with Gasteiger partial charge >= 0.3 is 0 Å². The van der Waals surface area contributed by atoms with E-state index in [9.17, 15) is 4.79 Å². The van der Waals surface area contributed by atoms with Crippen LogP contribution in [0.25, 0.3) is 22.4 Å². The van der Waals surface area contributed by atoms with E-state index < -0.39 is 0 Å². The van der Waals surface area contributed by atoms with Gasteiger partial charge in [-0.15, -0.1) is 10.2 Å². The van der Waals surface area contributed by atoms with Gasteiger partial charge in [-0.25, -0.2) is 4.40 Å². The smallest absolute Gasteiger partial charge is 0.276 e. The summed E-state index contributed by atoms with van der Waals surface area (Å²) in [7, 11) is 3.19. The van der Waals surface area contributed by atoms with Gasteiger partial charge in [0.2, 0.25) is 4.96 Å². The number of fused-ring (bicyclic) bond motifs is 1. The molecule has 0 unspecified atom stereocenters. The molecule has 30 heavy (non-hydrogen) atoms. The van der Waals surface area contributed by atoms with Crippen molar-refractivity contribution in [1.82, 2.24) is 14.6 Å². The molecule has 0 radical (unpaired) electrons. The van der Waals surface area contributed by atoms with Gasteiger partial charge in [-0.1, -0.05) is 56.4 Å². The minimum atomic E-state index is -0.146. The maximum Gasteiger partial charge on any atom is 0.276 e. The van der Waals surface area contributed by atoms with E-state index in [1.165, 1.54) is 16.9 Å². The molecule has 0 spiro atoms. The molecule has 7 heteroatoms. The van der Waals surface area contributed by atoms with Gasteiger partial charge in [0.25, 0.3) is 5.56 Å². The number of benzene rings is 2. The lowest BCUT2D eigenvalue weighted by Crippen LogP contribution is -2.23. The molecule has 6 nitrogen and oxygen atoms in total. The van der Waals surface area contributed by atoms with Crippen molar-refractivity contribution in [3.63, 3.8) is 0 Å². The largest absolute Gasteiger partial charge is 0.497 e. The zero-order valence-corrected chi connectivity index (χ0v) is 18.4. The van der Waals surface area contributed by atoms with E-state index >= 15 is 0 Å². The highest BCUT2D eigenvalue weighted by Gasteiger charge is 2.17. The molecule has 0 N–H and O–H groups in total. The Morgan fingerprint density at radius 2 is 1.73 bits per heavy atom. The third-order valence-corrected chi connectivity index (χ3v) is 5.94. The van der Waals surface area contributed by atoms with Gasteiger partial charge < -0.3 is 9.47 Å².